The van der Waals surface area contributed by atoms with E-state index in [1.54, 1.807) is 48.4 Å². The van der Waals surface area contributed by atoms with Crippen molar-refractivity contribution in [1.82, 2.24) is 4.90 Å². The fraction of sp³-hybridized carbons (Fsp3) is 0.318. The number of hydrogen-bond donors (Lipinski definition) is 2. The van der Waals surface area contributed by atoms with E-state index in [0.717, 1.165) is 11.3 Å². The first-order valence-corrected chi connectivity index (χ1v) is 11.1. The number of thioether (sulfide) groups is 1. The van der Waals surface area contributed by atoms with Crippen LogP contribution in [0.1, 0.15) is 12.0 Å². The smallest absolute Gasteiger partial charge is 0.261 e. The van der Waals surface area contributed by atoms with Crippen LogP contribution >= 0.6 is 11.8 Å². The SMILES string of the molecule is COc1ccc(NC(=O)C2CSCN2C(=O)COc2ccc3c(c2)CCC(=O)N3)cc1. The van der Waals surface area contributed by atoms with Crippen LogP contribution in [0.15, 0.2) is 42.5 Å². The average Bonchev–Trinajstić information content (AvgIpc) is 3.28. The van der Waals surface area contributed by atoms with Gasteiger partial charge in [0.05, 0.1) is 13.0 Å². The molecule has 0 spiro atoms. The molecule has 1 fully saturated rings. The molecule has 1 saturated heterocycles. The molecule has 31 heavy (non-hydrogen) atoms. The maximum atomic E-state index is 12.7. The summed E-state index contributed by atoms with van der Waals surface area (Å²) in [5, 5.41) is 5.67. The van der Waals surface area contributed by atoms with Crippen molar-refractivity contribution in [3.8, 4) is 11.5 Å². The molecule has 2 heterocycles. The molecular weight excluding hydrogens is 418 g/mol. The minimum atomic E-state index is -0.554. The van der Waals surface area contributed by atoms with E-state index in [4.69, 9.17) is 9.47 Å². The van der Waals surface area contributed by atoms with Crippen molar-refractivity contribution in [3.63, 3.8) is 0 Å². The van der Waals surface area contributed by atoms with Crippen LogP contribution < -0.4 is 20.1 Å². The molecule has 0 saturated carbocycles. The minimum absolute atomic E-state index is 0.00170. The van der Waals surface area contributed by atoms with E-state index in [1.807, 2.05) is 6.07 Å². The second-order valence-electron chi connectivity index (χ2n) is 7.25. The van der Waals surface area contributed by atoms with Gasteiger partial charge in [-0.2, -0.15) is 0 Å². The fourth-order valence-corrected chi connectivity index (χ4v) is 4.66. The monoisotopic (exact) mass is 441 g/mol. The molecule has 2 N–H and O–H groups in total. The lowest BCUT2D eigenvalue weighted by Crippen LogP contribution is -2.46. The van der Waals surface area contributed by atoms with Crippen molar-refractivity contribution >= 4 is 40.9 Å². The maximum Gasteiger partial charge on any atom is 0.261 e. The van der Waals surface area contributed by atoms with Gasteiger partial charge in [0, 0.05) is 23.5 Å². The number of benzene rings is 2. The lowest BCUT2D eigenvalue weighted by atomic mass is 10.0. The van der Waals surface area contributed by atoms with Crippen LogP contribution in [0.25, 0.3) is 0 Å². The summed E-state index contributed by atoms with van der Waals surface area (Å²) in [6.07, 6.45) is 1.08. The number of fused-ring (bicyclic) bond motifs is 1. The fourth-order valence-electron chi connectivity index (χ4n) is 3.48. The molecule has 2 aromatic carbocycles. The van der Waals surface area contributed by atoms with Gasteiger partial charge in [-0.3, -0.25) is 14.4 Å². The van der Waals surface area contributed by atoms with Gasteiger partial charge in [0.2, 0.25) is 11.8 Å². The third-order valence-corrected chi connectivity index (χ3v) is 6.21. The molecule has 2 aliphatic heterocycles. The number of nitrogens with one attached hydrogen (secondary N) is 2. The molecule has 1 unspecified atom stereocenters. The summed E-state index contributed by atoms with van der Waals surface area (Å²) in [4.78, 5) is 38.5. The molecule has 2 aliphatic rings. The van der Waals surface area contributed by atoms with Crippen molar-refractivity contribution < 1.29 is 23.9 Å². The zero-order valence-electron chi connectivity index (χ0n) is 17.1. The number of carbonyl (C=O) groups excluding carboxylic acids is 3. The van der Waals surface area contributed by atoms with Gasteiger partial charge in [-0.05, 0) is 54.4 Å². The maximum absolute atomic E-state index is 12.7. The quantitative estimate of drug-likeness (QED) is 0.715. The van der Waals surface area contributed by atoms with Crippen LogP contribution in [0.4, 0.5) is 11.4 Å². The van der Waals surface area contributed by atoms with Crippen LogP contribution in [0, 0.1) is 0 Å². The van der Waals surface area contributed by atoms with E-state index in [1.165, 1.54) is 11.8 Å². The third-order valence-electron chi connectivity index (χ3n) is 5.20. The molecular formula is C22H23N3O5S. The molecule has 8 nitrogen and oxygen atoms in total. The summed E-state index contributed by atoms with van der Waals surface area (Å²) in [5.41, 5.74) is 2.41. The summed E-state index contributed by atoms with van der Waals surface area (Å²) < 4.78 is 10.8. The molecule has 0 aromatic heterocycles. The normalized spacial score (nSPS) is 17.5. The van der Waals surface area contributed by atoms with Gasteiger partial charge in [0.15, 0.2) is 6.61 Å². The van der Waals surface area contributed by atoms with Crippen LogP contribution in [-0.4, -0.2) is 54.0 Å². The summed E-state index contributed by atoms with van der Waals surface area (Å²) in [6.45, 7) is -0.155. The van der Waals surface area contributed by atoms with E-state index in [0.29, 0.717) is 41.7 Å². The molecule has 1 atom stereocenters. The van der Waals surface area contributed by atoms with Crippen LogP contribution in [-0.2, 0) is 20.8 Å². The van der Waals surface area contributed by atoms with Gasteiger partial charge >= 0.3 is 0 Å². The molecule has 9 heteroatoms. The van der Waals surface area contributed by atoms with Crippen LogP contribution in [0.2, 0.25) is 0 Å². The number of anilines is 2. The Kier molecular flexibility index (Phi) is 6.31. The number of ether oxygens (including phenoxy) is 2. The Morgan fingerprint density at radius 2 is 1.94 bits per heavy atom. The summed E-state index contributed by atoms with van der Waals surface area (Å²) in [5.74, 6) is 1.77. The first-order valence-electron chi connectivity index (χ1n) is 9.91. The highest BCUT2D eigenvalue weighted by atomic mass is 32.2. The van der Waals surface area contributed by atoms with E-state index < -0.39 is 6.04 Å². The zero-order valence-corrected chi connectivity index (χ0v) is 17.9. The zero-order chi connectivity index (χ0) is 21.8. The Morgan fingerprint density at radius 1 is 1.16 bits per heavy atom. The number of aryl methyl sites for hydroxylation is 1. The predicted molar refractivity (Wildman–Crippen MR) is 118 cm³/mol. The predicted octanol–water partition coefficient (Wildman–Crippen LogP) is 2.50. The lowest BCUT2D eigenvalue weighted by Gasteiger charge is -2.23. The summed E-state index contributed by atoms with van der Waals surface area (Å²) >= 11 is 1.53. The molecule has 162 valence electrons. The molecule has 0 aliphatic carbocycles. The van der Waals surface area contributed by atoms with Crippen LogP contribution in [0.3, 0.4) is 0 Å². The molecule has 0 bridgehead atoms. The van der Waals surface area contributed by atoms with Crippen molar-refractivity contribution in [1.29, 1.82) is 0 Å². The number of amides is 3. The van der Waals surface area contributed by atoms with E-state index in [2.05, 4.69) is 10.6 Å². The Bertz CT molecular complexity index is 995. The van der Waals surface area contributed by atoms with Crippen molar-refractivity contribution in [2.24, 2.45) is 0 Å². The van der Waals surface area contributed by atoms with Gasteiger partial charge in [-0.25, -0.2) is 0 Å². The van der Waals surface area contributed by atoms with Gasteiger partial charge in [0.1, 0.15) is 17.5 Å². The third kappa shape index (κ3) is 4.93. The summed E-state index contributed by atoms with van der Waals surface area (Å²) in [6, 6.07) is 11.8. The minimum Gasteiger partial charge on any atom is -0.497 e. The van der Waals surface area contributed by atoms with E-state index in [-0.39, 0.29) is 24.3 Å². The lowest BCUT2D eigenvalue weighted by molar-refractivity contribution is -0.137. The molecule has 4 rings (SSSR count). The average molecular weight is 442 g/mol. The molecule has 3 amide bonds. The standard InChI is InChI=1S/C22H23N3O5S/c1-29-16-5-3-15(4-6-16)23-22(28)19-12-31-13-25(19)21(27)11-30-17-7-8-18-14(10-17)2-9-20(26)24-18/h3-8,10,19H,2,9,11-13H2,1H3,(H,23,28)(H,24,26). The number of rotatable bonds is 6. The Morgan fingerprint density at radius 3 is 2.71 bits per heavy atom. The Balaban J connectivity index is 1.34. The summed E-state index contributed by atoms with van der Waals surface area (Å²) in [7, 11) is 1.58. The van der Waals surface area contributed by atoms with E-state index in [9.17, 15) is 14.4 Å². The first kappa shape index (κ1) is 21.0. The van der Waals surface area contributed by atoms with Gasteiger partial charge in [0.25, 0.3) is 5.91 Å². The van der Waals surface area contributed by atoms with Crippen molar-refractivity contribution in [3.05, 3.63) is 48.0 Å². The number of hydrogen-bond acceptors (Lipinski definition) is 6. The van der Waals surface area contributed by atoms with Crippen molar-refractivity contribution in [2.45, 2.75) is 18.9 Å². The number of carbonyl (C=O) groups is 3. The van der Waals surface area contributed by atoms with Gasteiger partial charge in [-0.1, -0.05) is 0 Å². The highest BCUT2D eigenvalue weighted by Gasteiger charge is 2.34. The highest BCUT2D eigenvalue weighted by molar-refractivity contribution is 7.99. The van der Waals surface area contributed by atoms with Gasteiger partial charge in [-0.15, -0.1) is 11.8 Å². The topological polar surface area (TPSA) is 97.0 Å². The van der Waals surface area contributed by atoms with Crippen LogP contribution in [0.5, 0.6) is 11.5 Å². The first-order chi connectivity index (χ1) is 15.0. The molecule has 0 radical (unpaired) electrons. The highest BCUT2D eigenvalue weighted by Crippen LogP contribution is 2.27. The number of methoxy groups -OCH3 is 1. The second kappa shape index (κ2) is 9.30. The Labute approximate surface area is 184 Å². The molecule has 2 aromatic rings. The van der Waals surface area contributed by atoms with E-state index >= 15 is 0 Å². The van der Waals surface area contributed by atoms with Crippen molar-refractivity contribution in [2.75, 3.05) is 36.0 Å². The second-order valence-corrected chi connectivity index (χ2v) is 8.25. The number of nitrogens with zero attached hydrogens (tertiary/aromatic N) is 1. The van der Waals surface area contributed by atoms with Gasteiger partial charge < -0.3 is 25.0 Å². The largest absolute Gasteiger partial charge is 0.497 e. The Hall–Kier alpha value is -3.20.